The van der Waals surface area contributed by atoms with E-state index in [1.807, 2.05) is 0 Å². The van der Waals surface area contributed by atoms with Gasteiger partial charge in [-0.3, -0.25) is 4.79 Å². The summed E-state index contributed by atoms with van der Waals surface area (Å²) in [5.74, 6) is -0.132. The highest BCUT2D eigenvalue weighted by molar-refractivity contribution is 6.31. The largest absolute Gasteiger partial charge is 0.384 e. The highest BCUT2D eigenvalue weighted by Crippen LogP contribution is 2.17. The number of nitrogen functional groups attached to an aromatic ring is 1. The standard InChI is InChI=1S/C12H9Cl2N3O/c13-8-2-1-3-9(6-8)16-12(18)7-4-10(14)17-11(15)5-7/h1-6H,(H2,15,17)(H,16,18). The van der Waals surface area contributed by atoms with Gasteiger partial charge in [-0.1, -0.05) is 29.3 Å². The number of amides is 1. The molecular formula is C12H9Cl2N3O. The van der Waals surface area contributed by atoms with E-state index in [2.05, 4.69) is 10.3 Å². The van der Waals surface area contributed by atoms with Crippen LogP contribution in [0.25, 0.3) is 0 Å². The van der Waals surface area contributed by atoms with Crippen LogP contribution in [0.4, 0.5) is 11.5 Å². The summed E-state index contributed by atoms with van der Waals surface area (Å²) in [4.78, 5) is 15.7. The summed E-state index contributed by atoms with van der Waals surface area (Å²) < 4.78 is 0. The van der Waals surface area contributed by atoms with Gasteiger partial charge in [-0.15, -0.1) is 0 Å². The monoisotopic (exact) mass is 281 g/mol. The van der Waals surface area contributed by atoms with Gasteiger partial charge in [0.25, 0.3) is 5.91 Å². The molecule has 0 bridgehead atoms. The third-order valence-corrected chi connectivity index (χ3v) is 2.59. The normalized spacial score (nSPS) is 10.1. The average molecular weight is 282 g/mol. The number of aromatic nitrogens is 1. The molecule has 0 saturated carbocycles. The number of nitrogens with two attached hydrogens (primary N) is 1. The molecule has 2 rings (SSSR count). The van der Waals surface area contributed by atoms with Gasteiger partial charge in [-0.05, 0) is 30.3 Å². The molecule has 1 heterocycles. The first-order valence-electron chi connectivity index (χ1n) is 5.04. The van der Waals surface area contributed by atoms with Gasteiger partial charge >= 0.3 is 0 Å². The van der Waals surface area contributed by atoms with Gasteiger partial charge in [0.2, 0.25) is 0 Å². The number of carbonyl (C=O) groups is 1. The van der Waals surface area contributed by atoms with E-state index in [0.717, 1.165) is 0 Å². The lowest BCUT2D eigenvalue weighted by Crippen LogP contribution is -2.12. The molecule has 92 valence electrons. The fraction of sp³-hybridized carbons (Fsp3) is 0. The zero-order chi connectivity index (χ0) is 13.1. The number of carbonyl (C=O) groups excluding carboxylic acids is 1. The molecule has 18 heavy (non-hydrogen) atoms. The molecule has 0 spiro atoms. The number of anilines is 2. The summed E-state index contributed by atoms with van der Waals surface area (Å²) in [6, 6.07) is 9.73. The maximum absolute atomic E-state index is 11.9. The summed E-state index contributed by atoms with van der Waals surface area (Å²) in [5, 5.41) is 3.40. The quantitative estimate of drug-likeness (QED) is 0.831. The Morgan fingerprint density at radius 1 is 1.22 bits per heavy atom. The topological polar surface area (TPSA) is 68.0 Å². The summed E-state index contributed by atoms with van der Waals surface area (Å²) in [7, 11) is 0. The number of halogens is 2. The van der Waals surface area contributed by atoms with Crippen molar-refractivity contribution in [3.8, 4) is 0 Å². The van der Waals surface area contributed by atoms with Crippen LogP contribution in [0.1, 0.15) is 10.4 Å². The van der Waals surface area contributed by atoms with Crippen molar-refractivity contribution in [2.45, 2.75) is 0 Å². The molecule has 0 atom stereocenters. The minimum absolute atomic E-state index is 0.172. The lowest BCUT2D eigenvalue weighted by Gasteiger charge is -2.06. The van der Waals surface area contributed by atoms with Gasteiger partial charge in [0.15, 0.2) is 0 Å². The Balaban J connectivity index is 2.22. The Bertz CT molecular complexity index is 581. The van der Waals surface area contributed by atoms with Gasteiger partial charge in [0.1, 0.15) is 11.0 Å². The SMILES string of the molecule is Nc1cc(C(=O)Nc2cccc(Cl)c2)cc(Cl)n1. The zero-order valence-electron chi connectivity index (χ0n) is 9.15. The van der Waals surface area contributed by atoms with Crippen LogP contribution in [-0.2, 0) is 0 Å². The average Bonchev–Trinajstić information content (AvgIpc) is 2.27. The Hall–Kier alpha value is -1.78. The smallest absolute Gasteiger partial charge is 0.255 e. The van der Waals surface area contributed by atoms with Crippen molar-refractivity contribution in [2.75, 3.05) is 11.1 Å². The molecule has 0 radical (unpaired) electrons. The molecular weight excluding hydrogens is 273 g/mol. The number of nitrogens with zero attached hydrogens (tertiary/aromatic N) is 1. The summed E-state index contributed by atoms with van der Waals surface area (Å²) in [6.07, 6.45) is 0. The first-order valence-corrected chi connectivity index (χ1v) is 5.80. The minimum Gasteiger partial charge on any atom is -0.384 e. The number of rotatable bonds is 2. The predicted octanol–water partition coefficient (Wildman–Crippen LogP) is 3.22. The van der Waals surface area contributed by atoms with E-state index in [1.54, 1.807) is 24.3 Å². The molecule has 0 fully saturated rings. The van der Waals surface area contributed by atoms with Gasteiger partial charge in [0, 0.05) is 16.3 Å². The fourth-order valence-corrected chi connectivity index (χ4v) is 1.82. The lowest BCUT2D eigenvalue weighted by atomic mass is 10.2. The Morgan fingerprint density at radius 2 is 2.00 bits per heavy atom. The predicted molar refractivity (Wildman–Crippen MR) is 73.1 cm³/mol. The van der Waals surface area contributed by atoms with E-state index >= 15 is 0 Å². The third-order valence-electron chi connectivity index (χ3n) is 2.16. The van der Waals surface area contributed by atoms with E-state index in [1.165, 1.54) is 12.1 Å². The highest BCUT2D eigenvalue weighted by Gasteiger charge is 2.08. The van der Waals surface area contributed by atoms with Crippen molar-refractivity contribution >= 4 is 40.6 Å². The molecule has 0 aliphatic carbocycles. The van der Waals surface area contributed by atoms with Crippen LogP contribution >= 0.6 is 23.2 Å². The van der Waals surface area contributed by atoms with E-state index in [9.17, 15) is 4.79 Å². The van der Waals surface area contributed by atoms with Crippen LogP contribution in [0, 0.1) is 0 Å². The molecule has 0 saturated heterocycles. The fourth-order valence-electron chi connectivity index (χ4n) is 1.42. The van der Waals surface area contributed by atoms with Crippen LogP contribution in [0.2, 0.25) is 10.2 Å². The van der Waals surface area contributed by atoms with Crippen LogP contribution in [0.3, 0.4) is 0 Å². The van der Waals surface area contributed by atoms with Crippen LogP contribution in [0.15, 0.2) is 36.4 Å². The van der Waals surface area contributed by atoms with Crippen molar-refractivity contribution in [1.29, 1.82) is 0 Å². The second-order valence-electron chi connectivity index (χ2n) is 3.57. The maximum atomic E-state index is 11.9. The van der Waals surface area contributed by atoms with Gasteiger partial charge in [0.05, 0.1) is 0 Å². The number of hydrogen-bond acceptors (Lipinski definition) is 3. The summed E-state index contributed by atoms with van der Waals surface area (Å²) in [5.41, 5.74) is 6.45. The summed E-state index contributed by atoms with van der Waals surface area (Å²) >= 11 is 11.6. The molecule has 4 nitrogen and oxygen atoms in total. The van der Waals surface area contributed by atoms with Gasteiger partial charge in [-0.25, -0.2) is 4.98 Å². The minimum atomic E-state index is -0.326. The van der Waals surface area contributed by atoms with Crippen molar-refractivity contribution in [3.63, 3.8) is 0 Å². The molecule has 2 aromatic rings. The Kier molecular flexibility index (Phi) is 3.69. The van der Waals surface area contributed by atoms with Crippen LogP contribution in [-0.4, -0.2) is 10.9 Å². The first kappa shape index (κ1) is 12.7. The molecule has 0 aliphatic heterocycles. The van der Waals surface area contributed by atoms with Crippen LogP contribution in [0.5, 0.6) is 0 Å². The second kappa shape index (κ2) is 5.25. The molecule has 6 heteroatoms. The van der Waals surface area contributed by atoms with Gasteiger partial charge < -0.3 is 11.1 Å². The Labute approximate surface area is 114 Å². The molecule has 1 aromatic heterocycles. The highest BCUT2D eigenvalue weighted by atomic mass is 35.5. The molecule has 1 amide bonds. The third kappa shape index (κ3) is 3.12. The van der Waals surface area contributed by atoms with Gasteiger partial charge in [-0.2, -0.15) is 0 Å². The number of benzene rings is 1. The summed E-state index contributed by atoms with van der Waals surface area (Å²) in [6.45, 7) is 0. The zero-order valence-corrected chi connectivity index (χ0v) is 10.7. The number of pyridine rings is 1. The van der Waals surface area contributed by atoms with E-state index in [-0.39, 0.29) is 16.9 Å². The van der Waals surface area contributed by atoms with E-state index in [4.69, 9.17) is 28.9 Å². The van der Waals surface area contributed by atoms with Crippen molar-refractivity contribution in [2.24, 2.45) is 0 Å². The van der Waals surface area contributed by atoms with Crippen molar-refractivity contribution in [3.05, 3.63) is 52.1 Å². The van der Waals surface area contributed by atoms with Crippen molar-refractivity contribution < 1.29 is 4.79 Å². The van der Waals surface area contributed by atoms with Crippen LogP contribution < -0.4 is 11.1 Å². The number of nitrogens with one attached hydrogen (secondary N) is 1. The Morgan fingerprint density at radius 3 is 2.67 bits per heavy atom. The number of hydrogen-bond donors (Lipinski definition) is 2. The molecule has 0 aliphatic rings. The van der Waals surface area contributed by atoms with E-state index in [0.29, 0.717) is 16.3 Å². The maximum Gasteiger partial charge on any atom is 0.255 e. The second-order valence-corrected chi connectivity index (χ2v) is 4.39. The first-order chi connectivity index (χ1) is 8.54. The molecule has 3 N–H and O–H groups in total. The van der Waals surface area contributed by atoms with E-state index < -0.39 is 0 Å². The molecule has 0 unspecified atom stereocenters. The lowest BCUT2D eigenvalue weighted by molar-refractivity contribution is 0.102. The van der Waals surface area contributed by atoms with Crippen molar-refractivity contribution in [1.82, 2.24) is 4.98 Å². The molecule has 1 aromatic carbocycles.